The molecule has 0 spiro atoms. The van der Waals surface area contributed by atoms with E-state index in [1.807, 2.05) is 30.3 Å². The summed E-state index contributed by atoms with van der Waals surface area (Å²) in [6.45, 7) is 1.77. The zero-order valence-electron chi connectivity index (χ0n) is 9.57. The van der Waals surface area contributed by atoms with E-state index in [9.17, 15) is 9.59 Å². The minimum atomic E-state index is -0.683. The van der Waals surface area contributed by atoms with Gasteiger partial charge in [0, 0.05) is 13.5 Å². The summed E-state index contributed by atoms with van der Waals surface area (Å²) in [4.78, 5) is 22.5. The number of carbonyl (C=O) groups is 2. The fourth-order valence-corrected chi connectivity index (χ4v) is 1.55. The molecular weight excluding hydrogens is 240 g/mol. The third kappa shape index (κ3) is 4.87. The van der Waals surface area contributed by atoms with Crippen LogP contribution in [0.15, 0.2) is 30.3 Å². The molecule has 0 aromatic heterocycles. The molecule has 92 valence electrons. The highest BCUT2D eigenvalue weighted by Gasteiger charge is 2.17. The second-order valence-electron chi connectivity index (χ2n) is 3.61. The SMILES string of the molecule is CC(=O)N[C@H](CCl)C(=O)NCc1ccccc1. The second-order valence-corrected chi connectivity index (χ2v) is 3.92. The summed E-state index contributed by atoms with van der Waals surface area (Å²) < 4.78 is 0. The highest BCUT2D eigenvalue weighted by Crippen LogP contribution is 1.98. The molecule has 0 aliphatic heterocycles. The highest BCUT2D eigenvalue weighted by molar-refractivity contribution is 6.20. The van der Waals surface area contributed by atoms with Crippen molar-refractivity contribution in [3.05, 3.63) is 35.9 Å². The first-order chi connectivity index (χ1) is 8.13. The maximum atomic E-state index is 11.7. The first kappa shape index (κ1) is 13.5. The van der Waals surface area contributed by atoms with Crippen molar-refractivity contribution in [1.29, 1.82) is 0 Å². The molecule has 4 nitrogen and oxygen atoms in total. The van der Waals surface area contributed by atoms with Crippen molar-refractivity contribution in [2.75, 3.05) is 5.88 Å². The van der Waals surface area contributed by atoms with Crippen LogP contribution in [-0.2, 0) is 16.1 Å². The number of carbonyl (C=O) groups excluding carboxylic acids is 2. The molecule has 2 N–H and O–H groups in total. The van der Waals surface area contributed by atoms with Gasteiger partial charge in [-0.3, -0.25) is 9.59 Å². The first-order valence-electron chi connectivity index (χ1n) is 5.28. The molecule has 1 aromatic carbocycles. The van der Waals surface area contributed by atoms with E-state index in [1.54, 1.807) is 0 Å². The van der Waals surface area contributed by atoms with Crippen molar-refractivity contribution >= 4 is 23.4 Å². The predicted octanol–water partition coefficient (Wildman–Crippen LogP) is 1.05. The van der Waals surface area contributed by atoms with Crippen molar-refractivity contribution in [2.24, 2.45) is 0 Å². The van der Waals surface area contributed by atoms with Crippen LogP contribution in [0.4, 0.5) is 0 Å². The van der Waals surface area contributed by atoms with Crippen LogP contribution in [0.2, 0.25) is 0 Å². The third-order valence-electron chi connectivity index (χ3n) is 2.16. The Balaban J connectivity index is 2.45. The van der Waals surface area contributed by atoms with Crippen LogP contribution in [0.25, 0.3) is 0 Å². The van der Waals surface area contributed by atoms with Crippen LogP contribution >= 0.6 is 11.6 Å². The number of halogens is 1. The van der Waals surface area contributed by atoms with Crippen LogP contribution < -0.4 is 10.6 Å². The smallest absolute Gasteiger partial charge is 0.244 e. The molecule has 17 heavy (non-hydrogen) atoms. The van der Waals surface area contributed by atoms with Gasteiger partial charge in [0.2, 0.25) is 11.8 Å². The number of hydrogen-bond acceptors (Lipinski definition) is 2. The van der Waals surface area contributed by atoms with Crippen molar-refractivity contribution < 1.29 is 9.59 Å². The number of nitrogens with one attached hydrogen (secondary N) is 2. The summed E-state index contributed by atoms with van der Waals surface area (Å²) in [5, 5.41) is 5.20. The van der Waals surface area contributed by atoms with Crippen molar-refractivity contribution in [1.82, 2.24) is 10.6 Å². The van der Waals surface area contributed by atoms with Gasteiger partial charge in [-0.15, -0.1) is 11.6 Å². The van der Waals surface area contributed by atoms with E-state index >= 15 is 0 Å². The molecule has 2 amide bonds. The normalized spacial score (nSPS) is 11.6. The largest absolute Gasteiger partial charge is 0.350 e. The molecule has 0 radical (unpaired) electrons. The van der Waals surface area contributed by atoms with Crippen LogP contribution in [-0.4, -0.2) is 23.7 Å². The topological polar surface area (TPSA) is 58.2 Å². The molecule has 0 unspecified atom stereocenters. The maximum Gasteiger partial charge on any atom is 0.244 e. The molecule has 0 heterocycles. The van der Waals surface area contributed by atoms with E-state index < -0.39 is 6.04 Å². The van der Waals surface area contributed by atoms with E-state index in [0.717, 1.165) is 5.56 Å². The first-order valence-corrected chi connectivity index (χ1v) is 5.81. The van der Waals surface area contributed by atoms with Crippen molar-refractivity contribution in [2.45, 2.75) is 19.5 Å². The lowest BCUT2D eigenvalue weighted by Crippen LogP contribution is -2.47. The van der Waals surface area contributed by atoms with Gasteiger partial charge in [-0.05, 0) is 5.56 Å². The molecule has 0 aliphatic rings. The summed E-state index contributed by atoms with van der Waals surface area (Å²) in [5.74, 6) is -0.496. The minimum Gasteiger partial charge on any atom is -0.350 e. The van der Waals surface area contributed by atoms with Gasteiger partial charge in [-0.25, -0.2) is 0 Å². The maximum absolute atomic E-state index is 11.7. The Bertz CT molecular complexity index is 381. The zero-order chi connectivity index (χ0) is 12.7. The number of rotatable bonds is 5. The standard InChI is InChI=1S/C12H15ClN2O2/c1-9(16)15-11(7-13)12(17)14-8-10-5-3-2-4-6-10/h2-6,11H,7-8H2,1H3,(H,14,17)(H,15,16)/t11-/m1/s1. The van der Waals surface area contributed by atoms with Crippen molar-refractivity contribution in [3.8, 4) is 0 Å². The molecule has 0 saturated heterocycles. The van der Waals surface area contributed by atoms with E-state index in [2.05, 4.69) is 10.6 Å². The van der Waals surface area contributed by atoms with Crippen LogP contribution in [0.1, 0.15) is 12.5 Å². The quantitative estimate of drug-likeness (QED) is 0.772. The lowest BCUT2D eigenvalue weighted by atomic mass is 10.2. The fraction of sp³-hybridized carbons (Fsp3) is 0.333. The van der Waals surface area contributed by atoms with Gasteiger partial charge in [0.1, 0.15) is 6.04 Å². The molecule has 1 aromatic rings. The van der Waals surface area contributed by atoms with E-state index in [4.69, 9.17) is 11.6 Å². The molecular formula is C12H15ClN2O2. The monoisotopic (exact) mass is 254 g/mol. The van der Waals surface area contributed by atoms with Gasteiger partial charge < -0.3 is 10.6 Å². The van der Waals surface area contributed by atoms with Gasteiger partial charge >= 0.3 is 0 Å². The van der Waals surface area contributed by atoms with Gasteiger partial charge in [-0.2, -0.15) is 0 Å². The van der Waals surface area contributed by atoms with Gasteiger partial charge in [0.15, 0.2) is 0 Å². The van der Waals surface area contributed by atoms with Gasteiger partial charge in [0.25, 0.3) is 0 Å². The molecule has 0 fully saturated rings. The van der Waals surface area contributed by atoms with Gasteiger partial charge in [-0.1, -0.05) is 30.3 Å². The predicted molar refractivity (Wildman–Crippen MR) is 66.6 cm³/mol. The second kappa shape index (κ2) is 6.91. The Morgan fingerprint density at radius 1 is 1.29 bits per heavy atom. The average molecular weight is 255 g/mol. The van der Waals surface area contributed by atoms with E-state index in [0.29, 0.717) is 6.54 Å². The molecule has 1 rings (SSSR count). The lowest BCUT2D eigenvalue weighted by Gasteiger charge is -2.14. The molecule has 1 atom stereocenters. The minimum absolute atomic E-state index is 0.0558. The summed E-state index contributed by atoms with van der Waals surface area (Å²) in [5.41, 5.74) is 0.997. The Hall–Kier alpha value is -1.55. The van der Waals surface area contributed by atoms with Gasteiger partial charge in [0.05, 0.1) is 5.88 Å². The molecule has 0 aliphatic carbocycles. The highest BCUT2D eigenvalue weighted by atomic mass is 35.5. The lowest BCUT2D eigenvalue weighted by molar-refractivity contribution is -0.127. The van der Waals surface area contributed by atoms with E-state index in [-0.39, 0.29) is 17.7 Å². The van der Waals surface area contributed by atoms with Crippen LogP contribution in [0, 0.1) is 0 Å². The van der Waals surface area contributed by atoms with Crippen molar-refractivity contribution in [3.63, 3.8) is 0 Å². The summed E-state index contributed by atoms with van der Waals surface area (Å²) in [7, 11) is 0. The Labute approximate surface area is 105 Å². The molecule has 0 bridgehead atoms. The summed E-state index contributed by atoms with van der Waals surface area (Å²) >= 11 is 5.61. The molecule has 0 saturated carbocycles. The molecule has 5 heteroatoms. The van der Waals surface area contributed by atoms with Crippen LogP contribution in [0.3, 0.4) is 0 Å². The average Bonchev–Trinajstić information content (AvgIpc) is 2.34. The zero-order valence-corrected chi connectivity index (χ0v) is 10.3. The van der Waals surface area contributed by atoms with Crippen LogP contribution in [0.5, 0.6) is 0 Å². The number of amides is 2. The summed E-state index contributed by atoms with van der Waals surface area (Å²) in [6.07, 6.45) is 0. The Morgan fingerprint density at radius 3 is 2.47 bits per heavy atom. The Kier molecular flexibility index (Phi) is 5.49. The third-order valence-corrected chi connectivity index (χ3v) is 2.47. The van der Waals surface area contributed by atoms with E-state index in [1.165, 1.54) is 6.92 Å². The number of hydrogen-bond donors (Lipinski definition) is 2. The summed E-state index contributed by atoms with van der Waals surface area (Å²) in [6, 6.07) is 8.84. The Morgan fingerprint density at radius 2 is 1.94 bits per heavy atom. The fourth-order valence-electron chi connectivity index (χ4n) is 1.33. The number of benzene rings is 1. The number of alkyl halides is 1.